The molecule has 27 heavy (non-hydrogen) atoms. The highest BCUT2D eigenvalue weighted by Gasteiger charge is 2.18. The van der Waals surface area contributed by atoms with Gasteiger partial charge in [-0.3, -0.25) is 4.40 Å². The Hall–Kier alpha value is -3.07. The molecule has 0 unspecified atom stereocenters. The molecule has 0 atom stereocenters. The molecule has 2 aromatic heterocycles. The van der Waals surface area contributed by atoms with Crippen LogP contribution in [0.25, 0.3) is 16.9 Å². The van der Waals surface area contributed by atoms with E-state index in [0.717, 1.165) is 28.4 Å². The van der Waals surface area contributed by atoms with Gasteiger partial charge in [0.25, 0.3) is 0 Å². The molecule has 0 saturated heterocycles. The summed E-state index contributed by atoms with van der Waals surface area (Å²) in [5.74, 6) is 1.02. The van der Waals surface area contributed by atoms with Gasteiger partial charge in [0, 0.05) is 16.9 Å². The molecule has 0 aliphatic rings. The number of aromatic nitrogens is 2. The number of imidazole rings is 1. The number of para-hydroxylation sites is 1. The monoisotopic (exact) mass is 355 g/mol. The number of nitrogens with one attached hydrogen (secondary N) is 1. The van der Waals surface area contributed by atoms with Crippen molar-refractivity contribution in [1.82, 2.24) is 9.38 Å². The van der Waals surface area contributed by atoms with Crippen LogP contribution in [0.4, 0.5) is 11.5 Å². The van der Waals surface area contributed by atoms with Crippen LogP contribution >= 0.6 is 0 Å². The molecular weight excluding hydrogens is 330 g/mol. The predicted molar refractivity (Wildman–Crippen MR) is 114 cm³/mol. The standard InChI is InChI=1S/C24H25N3/c1-15-13-19(5)27-21(14-15)25-23(20-12-7-6-9-16(20)2)24(27)26-22-17(3)10-8-11-18(22)4/h6-14,26H,1-5H3. The van der Waals surface area contributed by atoms with Crippen LogP contribution in [0.1, 0.15) is 27.9 Å². The van der Waals surface area contributed by atoms with E-state index in [1.165, 1.54) is 27.9 Å². The van der Waals surface area contributed by atoms with E-state index in [1.54, 1.807) is 0 Å². The van der Waals surface area contributed by atoms with E-state index in [1.807, 2.05) is 0 Å². The lowest BCUT2D eigenvalue weighted by Gasteiger charge is -2.15. The zero-order chi connectivity index (χ0) is 19.1. The molecule has 136 valence electrons. The fraction of sp³-hybridized carbons (Fsp3) is 0.208. The van der Waals surface area contributed by atoms with E-state index < -0.39 is 0 Å². The number of benzene rings is 2. The summed E-state index contributed by atoms with van der Waals surface area (Å²) in [5.41, 5.74) is 10.3. The maximum absolute atomic E-state index is 5.02. The van der Waals surface area contributed by atoms with Crippen molar-refractivity contribution in [2.45, 2.75) is 34.6 Å². The second kappa shape index (κ2) is 6.58. The van der Waals surface area contributed by atoms with Crippen LogP contribution in [0.2, 0.25) is 0 Å². The average Bonchev–Trinajstić information content (AvgIpc) is 2.97. The number of aryl methyl sites for hydroxylation is 5. The summed E-state index contributed by atoms with van der Waals surface area (Å²) in [6, 6.07) is 19.2. The van der Waals surface area contributed by atoms with Gasteiger partial charge in [-0.1, -0.05) is 42.5 Å². The zero-order valence-corrected chi connectivity index (χ0v) is 16.6. The molecule has 2 heterocycles. The molecule has 0 fully saturated rings. The fourth-order valence-electron chi connectivity index (χ4n) is 3.80. The van der Waals surface area contributed by atoms with E-state index in [0.29, 0.717) is 0 Å². The third kappa shape index (κ3) is 2.99. The molecule has 0 bridgehead atoms. The summed E-state index contributed by atoms with van der Waals surface area (Å²) < 4.78 is 2.22. The van der Waals surface area contributed by atoms with Crippen molar-refractivity contribution in [2.24, 2.45) is 0 Å². The van der Waals surface area contributed by atoms with E-state index >= 15 is 0 Å². The Morgan fingerprint density at radius 3 is 2.15 bits per heavy atom. The number of hydrogen-bond donors (Lipinski definition) is 1. The molecule has 0 radical (unpaired) electrons. The van der Waals surface area contributed by atoms with Crippen LogP contribution in [-0.4, -0.2) is 9.38 Å². The first-order valence-electron chi connectivity index (χ1n) is 9.34. The van der Waals surface area contributed by atoms with Crippen molar-refractivity contribution >= 4 is 17.2 Å². The van der Waals surface area contributed by atoms with Crippen molar-refractivity contribution < 1.29 is 0 Å². The molecule has 0 aliphatic heterocycles. The van der Waals surface area contributed by atoms with Gasteiger partial charge in [0.15, 0.2) is 0 Å². The number of anilines is 2. The summed E-state index contributed by atoms with van der Waals surface area (Å²) in [6.45, 7) is 10.7. The van der Waals surface area contributed by atoms with Crippen LogP contribution in [0, 0.1) is 34.6 Å². The first-order chi connectivity index (χ1) is 13.0. The number of fused-ring (bicyclic) bond motifs is 1. The Bertz CT molecular complexity index is 1130. The van der Waals surface area contributed by atoms with Gasteiger partial charge in [-0.2, -0.15) is 0 Å². The summed E-state index contributed by atoms with van der Waals surface area (Å²) in [5, 5.41) is 3.72. The van der Waals surface area contributed by atoms with Gasteiger partial charge in [-0.15, -0.1) is 0 Å². The molecule has 2 aromatic carbocycles. The lowest BCUT2D eigenvalue weighted by molar-refractivity contribution is 1.08. The van der Waals surface area contributed by atoms with Gasteiger partial charge in [0.1, 0.15) is 17.2 Å². The van der Waals surface area contributed by atoms with Gasteiger partial charge in [0.2, 0.25) is 0 Å². The van der Waals surface area contributed by atoms with Crippen molar-refractivity contribution in [2.75, 3.05) is 5.32 Å². The zero-order valence-electron chi connectivity index (χ0n) is 16.6. The Kier molecular flexibility index (Phi) is 4.23. The van der Waals surface area contributed by atoms with Crippen molar-refractivity contribution in [3.63, 3.8) is 0 Å². The Morgan fingerprint density at radius 2 is 1.44 bits per heavy atom. The van der Waals surface area contributed by atoms with E-state index in [9.17, 15) is 0 Å². The Balaban J connectivity index is 2.02. The van der Waals surface area contributed by atoms with E-state index in [4.69, 9.17) is 4.98 Å². The van der Waals surface area contributed by atoms with E-state index in [2.05, 4.69) is 98.9 Å². The minimum atomic E-state index is 0.972. The molecule has 3 nitrogen and oxygen atoms in total. The summed E-state index contributed by atoms with van der Waals surface area (Å²) >= 11 is 0. The summed E-state index contributed by atoms with van der Waals surface area (Å²) in [7, 11) is 0. The second-order valence-corrected chi connectivity index (χ2v) is 7.38. The molecule has 0 saturated carbocycles. The van der Waals surface area contributed by atoms with E-state index in [-0.39, 0.29) is 0 Å². The first-order valence-corrected chi connectivity index (χ1v) is 9.34. The van der Waals surface area contributed by atoms with Gasteiger partial charge >= 0.3 is 0 Å². The topological polar surface area (TPSA) is 29.3 Å². The molecule has 1 N–H and O–H groups in total. The Morgan fingerprint density at radius 1 is 0.778 bits per heavy atom. The van der Waals surface area contributed by atoms with Crippen LogP contribution in [0.15, 0.2) is 54.6 Å². The van der Waals surface area contributed by atoms with Crippen LogP contribution in [-0.2, 0) is 0 Å². The Labute approximate surface area is 160 Å². The number of hydrogen-bond acceptors (Lipinski definition) is 2. The maximum atomic E-state index is 5.02. The number of rotatable bonds is 3. The summed E-state index contributed by atoms with van der Waals surface area (Å²) in [4.78, 5) is 5.02. The van der Waals surface area contributed by atoms with Crippen LogP contribution < -0.4 is 5.32 Å². The minimum Gasteiger partial charge on any atom is -0.339 e. The largest absolute Gasteiger partial charge is 0.339 e. The smallest absolute Gasteiger partial charge is 0.143 e. The highest BCUT2D eigenvalue weighted by Crippen LogP contribution is 2.35. The van der Waals surface area contributed by atoms with Gasteiger partial charge < -0.3 is 5.32 Å². The van der Waals surface area contributed by atoms with Crippen LogP contribution in [0.3, 0.4) is 0 Å². The highest BCUT2D eigenvalue weighted by atomic mass is 15.1. The molecular formula is C24H25N3. The molecule has 4 aromatic rings. The van der Waals surface area contributed by atoms with Crippen molar-refractivity contribution in [1.29, 1.82) is 0 Å². The molecule has 3 heteroatoms. The first kappa shape index (κ1) is 17.3. The minimum absolute atomic E-state index is 0.972. The van der Waals surface area contributed by atoms with Gasteiger partial charge in [-0.05, 0) is 69.0 Å². The number of nitrogens with zero attached hydrogens (tertiary/aromatic N) is 2. The van der Waals surface area contributed by atoms with Gasteiger partial charge in [0.05, 0.1) is 0 Å². The SMILES string of the molecule is Cc1cc(C)n2c(Nc3c(C)cccc3C)c(-c3ccccc3C)nc2c1. The maximum Gasteiger partial charge on any atom is 0.143 e. The van der Waals surface area contributed by atoms with Crippen LogP contribution in [0.5, 0.6) is 0 Å². The van der Waals surface area contributed by atoms with Crippen molar-refractivity contribution in [3.8, 4) is 11.3 Å². The molecule has 0 aliphatic carbocycles. The fourth-order valence-corrected chi connectivity index (χ4v) is 3.80. The quantitative estimate of drug-likeness (QED) is 0.468. The average molecular weight is 355 g/mol. The lowest BCUT2D eigenvalue weighted by atomic mass is 10.1. The number of pyridine rings is 1. The lowest BCUT2D eigenvalue weighted by Crippen LogP contribution is -2.03. The molecule has 4 rings (SSSR count). The van der Waals surface area contributed by atoms with Crippen molar-refractivity contribution in [3.05, 3.63) is 82.5 Å². The third-order valence-corrected chi connectivity index (χ3v) is 5.17. The second-order valence-electron chi connectivity index (χ2n) is 7.38. The third-order valence-electron chi connectivity index (χ3n) is 5.17. The summed E-state index contributed by atoms with van der Waals surface area (Å²) in [6.07, 6.45) is 0. The normalized spacial score (nSPS) is 11.1. The molecule has 0 spiro atoms. The highest BCUT2D eigenvalue weighted by molar-refractivity contribution is 5.82. The van der Waals surface area contributed by atoms with Gasteiger partial charge in [-0.25, -0.2) is 4.98 Å². The molecule has 0 amide bonds. The predicted octanol–water partition coefficient (Wildman–Crippen LogP) is 6.29.